The lowest BCUT2D eigenvalue weighted by molar-refractivity contribution is 0.0558. The maximum atomic E-state index is 9.33. The van der Waals surface area contributed by atoms with Gasteiger partial charge in [0.1, 0.15) is 11.4 Å². The van der Waals surface area contributed by atoms with E-state index in [0.29, 0.717) is 12.1 Å². The van der Waals surface area contributed by atoms with Gasteiger partial charge in [0.15, 0.2) is 5.69 Å². The fourth-order valence-electron chi connectivity index (χ4n) is 4.62. The molecule has 4 heteroatoms. The molecule has 1 spiro atoms. The molecule has 30 heavy (non-hydrogen) atoms. The Morgan fingerprint density at radius 3 is 2.63 bits per heavy atom. The van der Waals surface area contributed by atoms with Crippen LogP contribution in [0.25, 0.3) is 16.0 Å². The summed E-state index contributed by atoms with van der Waals surface area (Å²) in [5.41, 5.74) is 6.54. The number of nitriles is 1. The van der Waals surface area contributed by atoms with E-state index < -0.39 is 0 Å². The van der Waals surface area contributed by atoms with Gasteiger partial charge >= 0.3 is 0 Å². The molecule has 0 aromatic heterocycles. The Morgan fingerprint density at radius 2 is 1.80 bits per heavy atom. The number of hydrogen-bond donors (Lipinski definition) is 0. The van der Waals surface area contributed by atoms with E-state index in [1.165, 1.54) is 11.1 Å². The third kappa shape index (κ3) is 3.13. The Balaban J connectivity index is 1.55. The molecule has 1 unspecified atom stereocenters. The molecular weight excluding hydrogens is 370 g/mol. The number of aryl methyl sites for hydroxylation is 1. The van der Waals surface area contributed by atoms with Crippen molar-refractivity contribution in [1.29, 1.82) is 5.26 Å². The molecule has 5 rings (SSSR count). The van der Waals surface area contributed by atoms with Gasteiger partial charge in [-0.2, -0.15) is 10.3 Å². The molecule has 1 heterocycles. The first-order valence-corrected chi connectivity index (χ1v) is 10.0. The topological polar surface area (TPSA) is 49.7 Å². The summed E-state index contributed by atoms with van der Waals surface area (Å²) in [6.07, 6.45) is 5.30. The average molecular weight is 389 g/mol. The summed E-state index contributed by atoms with van der Waals surface area (Å²) >= 11 is 0. The number of rotatable bonds is 1. The summed E-state index contributed by atoms with van der Waals surface area (Å²) < 4.78 is 6.59. The molecule has 3 aromatic rings. The van der Waals surface area contributed by atoms with Crippen molar-refractivity contribution in [1.82, 2.24) is 0 Å². The summed E-state index contributed by atoms with van der Waals surface area (Å²) in [6, 6.07) is 22.1. The van der Waals surface area contributed by atoms with Gasteiger partial charge in [-0.05, 0) is 53.3 Å². The van der Waals surface area contributed by atoms with Crippen LogP contribution in [0, 0.1) is 18.0 Å². The molecule has 4 nitrogen and oxygen atoms in total. The number of ether oxygens (including phenoxy) is 1. The molecule has 1 atom stereocenters. The molecule has 0 bridgehead atoms. The van der Waals surface area contributed by atoms with E-state index in [2.05, 4.69) is 34.1 Å². The molecule has 144 valence electrons. The van der Waals surface area contributed by atoms with E-state index in [1.807, 2.05) is 42.6 Å². The van der Waals surface area contributed by atoms with Crippen molar-refractivity contribution in [3.8, 4) is 23.1 Å². The summed E-state index contributed by atoms with van der Waals surface area (Å²) in [5.74, 6) is 0.778. The number of fused-ring (bicyclic) bond motifs is 2. The van der Waals surface area contributed by atoms with Crippen LogP contribution < -0.4 is 4.74 Å². The SMILES string of the molecule is [C-]#[N+]c1cccc(-c2ccc3c(c2)C(=NC#N)CC2(CCc4ccccc4C2)O3)c1. The maximum Gasteiger partial charge on any atom is 0.205 e. The van der Waals surface area contributed by atoms with Crippen molar-refractivity contribution in [2.24, 2.45) is 4.99 Å². The minimum Gasteiger partial charge on any atom is -0.486 e. The smallest absolute Gasteiger partial charge is 0.205 e. The Bertz CT molecular complexity index is 1260. The molecule has 0 amide bonds. The van der Waals surface area contributed by atoms with Gasteiger partial charge in [-0.25, -0.2) is 4.85 Å². The second kappa shape index (κ2) is 7.17. The summed E-state index contributed by atoms with van der Waals surface area (Å²) in [4.78, 5) is 7.72. The van der Waals surface area contributed by atoms with E-state index in [-0.39, 0.29) is 5.60 Å². The molecule has 1 aliphatic carbocycles. The largest absolute Gasteiger partial charge is 0.486 e. The van der Waals surface area contributed by atoms with E-state index in [0.717, 1.165) is 47.4 Å². The van der Waals surface area contributed by atoms with Crippen LogP contribution in [0.1, 0.15) is 29.5 Å². The van der Waals surface area contributed by atoms with Crippen LogP contribution in [0.4, 0.5) is 5.69 Å². The van der Waals surface area contributed by atoms with Crippen LogP contribution >= 0.6 is 0 Å². The van der Waals surface area contributed by atoms with Gasteiger partial charge < -0.3 is 4.74 Å². The minimum absolute atomic E-state index is 0.359. The van der Waals surface area contributed by atoms with Crippen molar-refractivity contribution < 1.29 is 4.74 Å². The van der Waals surface area contributed by atoms with Gasteiger partial charge in [0, 0.05) is 18.4 Å². The van der Waals surface area contributed by atoms with Crippen molar-refractivity contribution in [3.63, 3.8) is 0 Å². The number of nitrogens with zero attached hydrogens (tertiary/aromatic N) is 3. The van der Waals surface area contributed by atoms with Crippen LogP contribution in [0.3, 0.4) is 0 Å². The van der Waals surface area contributed by atoms with Gasteiger partial charge in [0.2, 0.25) is 6.19 Å². The maximum absolute atomic E-state index is 9.33. The van der Waals surface area contributed by atoms with Crippen molar-refractivity contribution in [2.45, 2.75) is 31.3 Å². The summed E-state index contributed by atoms with van der Waals surface area (Å²) in [6.45, 7) is 7.25. The molecular formula is C26H19N3O. The zero-order valence-electron chi connectivity index (χ0n) is 16.4. The van der Waals surface area contributed by atoms with E-state index in [4.69, 9.17) is 11.3 Å². The summed E-state index contributed by atoms with van der Waals surface area (Å²) in [5, 5.41) is 9.33. The van der Waals surface area contributed by atoms with Crippen molar-refractivity contribution >= 4 is 11.4 Å². The highest BCUT2D eigenvalue weighted by Crippen LogP contribution is 2.42. The molecule has 0 radical (unpaired) electrons. The average Bonchev–Trinajstić information content (AvgIpc) is 2.79. The normalized spacial score (nSPS) is 20.5. The fourth-order valence-corrected chi connectivity index (χ4v) is 4.62. The Kier molecular flexibility index (Phi) is 4.34. The molecule has 1 aliphatic heterocycles. The number of hydrogen-bond acceptors (Lipinski definition) is 3. The van der Waals surface area contributed by atoms with Crippen LogP contribution in [-0.4, -0.2) is 11.3 Å². The van der Waals surface area contributed by atoms with Gasteiger partial charge in [-0.1, -0.05) is 48.5 Å². The zero-order valence-corrected chi connectivity index (χ0v) is 16.4. The molecule has 2 aliphatic rings. The van der Waals surface area contributed by atoms with E-state index >= 15 is 0 Å². The lowest BCUT2D eigenvalue weighted by Crippen LogP contribution is -2.46. The van der Waals surface area contributed by atoms with Crippen LogP contribution in [0.15, 0.2) is 71.7 Å². The predicted octanol–water partition coefficient (Wildman–Crippen LogP) is 5.88. The highest BCUT2D eigenvalue weighted by molar-refractivity contribution is 6.06. The van der Waals surface area contributed by atoms with Crippen LogP contribution in [0.5, 0.6) is 5.75 Å². The van der Waals surface area contributed by atoms with E-state index in [1.54, 1.807) is 6.07 Å². The molecule has 0 saturated heterocycles. The quantitative estimate of drug-likeness (QED) is 0.385. The van der Waals surface area contributed by atoms with Gasteiger partial charge in [0.05, 0.1) is 12.3 Å². The third-order valence-electron chi connectivity index (χ3n) is 6.08. The molecule has 0 N–H and O–H groups in total. The number of benzene rings is 3. The lowest BCUT2D eigenvalue weighted by Gasteiger charge is -2.42. The highest BCUT2D eigenvalue weighted by atomic mass is 16.5. The molecule has 3 aromatic carbocycles. The van der Waals surface area contributed by atoms with Gasteiger partial charge in [0.25, 0.3) is 0 Å². The van der Waals surface area contributed by atoms with Crippen molar-refractivity contribution in [2.75, 3.05) is 0 Å². The fraction of sp³-hybridized carbons (Fsp3) is 0.192. The highest BCUT2D eigenvalue weighted by Gasteiger charge is 2.42. The van der Waals surface area contributed by atoms with Crippen LogP contribution in [0.2, 0.25) is 0 Å². The second-order valence-electron chi connectivity index (χ2n) is 7.94. The first-order chi connectivity index (χ1) is 14.7. The second-order valence-corrected chi connectivity index (χ2v) is 7.94. The Hall–Kier alpha value is -3.89. The molecule has 0 fully saturated rings. The monoisotopic (exact) mass is 389 g/mol. The van der Waals surface area contributed by atoms with E-state index in [9.17, 15) is 5.26 Å². The van der Waals surface area contributed by atoms with Gasteiger partial charge in [-0.3, -0.25) is 0 Å². The first kappa shape index (κ1) is 18.2. The van der Waals surface area contributed by atoms with Crippen molar-refractivity contribution in [3.05, 3.63) is 94.8 Å². The van der Waals surface area contributed by atoms with Crippen LogP contribution in [-0.2, 0) is 12.8 Å². The first-order valence-electron chi connectivity index (χ1n) is 10.0. The third-order valence-corrected chi connectivity index (χ3v) is 6.08. The Labute approximate surface area is 175 Å². The molecule has 0 saturated carbocycles. The minimum atomic E-state index is -0.359. The lowest BCUT2D eigenvalue weighted by atomic mass is 9.75. The Morgan fingerprint density at radius 1 is 0.967 bits per heavy atom. The summed E-state index contributed by atoms with van der Waals surface area (Å²) in [7, 11) is 0. The predicted molar refractivity (Wildman–Crippen MR) is 117 cm³/mol. The zero-order chi connectivity index (χ0) is 20.6. The standard InChI is InChI=1S/C26H19N3O/c1-28-22-8-4-7-19(13-22)20-9-10-25-23(14-20)24(29-17-27)16-26(30-25)12-11-18-5-2-3-6-21(18)15-26/h2-10,13-14H,11-12,15-16H2. The van der Waals surface area contributed by atoms with Gasteiger partial charge in [-0.15, -0.1) is 0 Å². The number of aliphatic imine (C=N–C) groups is 1.